The first-order valence-corrected chi connectivity index (χ1v) is 9.07. The first kappa shape index (κ1) is 16.6. The maximum absolute atomic E-state index is 12.5. The van der Waals surface area contributed by atoms with E-state index < -0.39 is 10.0 Å². The monoisotopic (exact) mass is 349 g/mol. The molecule has 6 nitrogen and oxygen atoms in total. The highest BCUT2D eigenvalue weighted by atomic mass is 32.2. The van der Waals surface area contributed by atoms with Crippen LogP contribution in [0.25, 0.3) is 0 Å². The Morgan fingerprint density at radius 3 is 2.67 bits per heavy atom. The van der Waals surface area contributed by atoms with E-state index in [1.807, 2.05) is 25.1 Å². The van der Waals surface area contributed by atoms with Gasteiger partial charge in [0.2, 0.25) is 16.8 Å². The van der Waals surface area contributed by atoms with Gasteiger partial charge < -0.3 is 14.2 Å². The fourth-order valence-corrected chi connectivity index (χ4v) is 3.51. The molecule has 0 spiro atoms. The summed E-state index contributed by atoms with van der Waals surface area (Å²) < 4.78 is 43.4. The maximum Gasteiger partial charge on any atom is 0.241 e. The van der Waals surface area contributed by atoms with Crippen molar-refractivity contribution >= 4 is 10.0 Å². The Hall–Kier alpha value is -2.25. The fourth-order valence-electron chi connectivity index (χ4n) is 2.49. The van der Waals surface area contributed by atoms with Crippen molar-refractivity contribution in [1.29, 1.82) is 0 Å². The number of nitrogens with one attached hydrogen (secondary N) is 1. The Kier molecular flexibility index (Phi) is 4.64. The molecule has 0 unspecified atom stereocenters. The molecule has 0 radical (unpaired) electrons. The summed E-state index contributed by atoms with van der Waals surface area (Å²) in [4.78, 5) is 0.136. The Morgan fingerprint density at radius 1 is 1.12 bits per heavy atom. The molecule has 24 heavy (non-hydrogen) atoms. The van der Waals surface area contributed by atoms with Crippen molar-refractivity contribution in [3.63, 3.8) is 0 Å². The highest BCUT2D eigenvalue weighted by Gasteiger charge is 2.20. The summed E-state index contributed by atoms with van der Waals surface area (Å²) in [6.45, 7) is 2.30. The first-order chi connectivity index (χ1) is 11.5. The quantitative estimate of drug-likeness (QED) is 0.867. The van der Waals surface area contributed by atoms with Crippen LogP contribution in [0.1, 0.15) is 18.1 Å². The molecule has 0 saturated carbocycles. The fraction of sp³-hybridized carbons (Fsp3) is 0.294. The minimum atomic E-state index is -3.67. The van der Waals surface area contributed by atoms with E-state index in [-0.39, 0.29) is 18.2 Å². The van der Waals surface area contributed by atoms with Gasteiger partial charge in [-0.05, 0) is 30.2 Å². The summed E-state index contributed by atoms with van der Waals surface area (Å²) in [5.41, 5.74) is 1.91. The van der Waals surface area contributed by atoms with Gasteiger partial charge in [0, 0.05) is 18.2 Å². The molecular formula is C17H19NO5S. The second kappa shape index (κ2) is 6.70. The predicted octanol–water partition coefficient (Wildman–Crippen LogP) is 2.46. The van der Waals surface area contributed by atoms with E-state index in [0.717, 1.165) is 17.5 Å². The third-order valence-electron chi connectivity index (χ3n) is 3.86. The number of methoxy groups -OCH3 is 1. The van der Waals surface area contributed by atoms with Crippen molar-refractivity contribution in [2.24, 2.45) is 0 Å². The molecule has 0 amide bonds. The van der Waals surface area contributed by atoms with Gasteiger partial charge in [-0.1, -0.05) is 19.1 Å². The van der Waals surface area contributed by atoms with Crippen molar-refractivity contribution in [2.75, 3.05) is 13.9 Å². The molecule has 2 aromatic rings. The van der Waals surface area contributed by atoms with Crippen molar-refractivity contribution in [3.05, 3.63) is 47.5 Å². The number of hydrogen-bond donors (Lipinski definition) is 1. The van der Waals surface area contributed by atoms with Gasteiger partial charge in [-0.2, -0.15) is 0 Å². The van der Waals surface area contributed by atoms with Crippen LogP contribution in [0.4, 0.5) is 0 Å². The van der Waals surface area contributed by atoms with Gasteiger partial charge in [-0.15, -0.1) is 0 Å². The van der Waals surface area contributed by atoms with E-state index in [1.54, 1.807) is 13.2 Å². The predicted molar refractivity (Wildman–Crippen MR) is 89.0 cm³/mol. The first-order valence-electron chi connectivity index (χ1n) is 7.58. The summed E-state index contributed by atoms with van der Waals surface area (Å²) in [6, 6.07) is 10.3. The molecule has 3 rings (SSSR count). The molecule has 1 aliphatic heterocycles. The molecule has 1 aliphatic rings. The Morgan fingerprint density at radius 2 is 1.92 bits per heavy atom. The van der Waals surface area contributed by atoms with Crippen LogP contribution in [-0.2, 0) is 23.0 Å². The Bertz CT molecular complexity index is 848. The standard InChI is InChI=1S/C17H19NO5S/c1-3-12-4-6-15(21-2)13(8-12)10-18-24(19,20)14-5-7-16-17(9-14)23-11-22-16/h4-9,18H,3,10-11H2,1-2H3. The van der Waals surface area contributed by atoms with E-state index in [2.05, 4.69) is 4.72 Å². The molecule has 0 saturated heterocycles. The summed E-state index contributed by atoms with van der Waals surface area (Å²) in [5, 5.41) is 0. The summed E-state index contributed by atoms with van der Waals surface area (Å²) in [6.07, 6.45) is 0.867. The number of hydrogen-bond acceptors (Lipinski definition) is 5. The molecule has 0 atom stereocenters. The van der Waals surface area contributed by atoms with E-state index in [4.69, 9.17) is 14.2 Å². The Labute approximate surface area is 141 Å². The van der Waals surface area contributed by atoms with Crippen LogP contribution in [0.2, 0.25) is 0 Å². The van der Waals surface area contributed by atoms with Crippen LogP contribution in [0.15, 0.2) is 41.3 Å². The molecule has 128 valence electrons. The molecule has 0 bridgehead atoms. The van der Waals surface area contributed by atoms with Crippen LogP contribution in [0.5, 0.6) is 17.2 Å². The number of ether oxygens (including phenoxy) is 3. The highest BCUT2D eigenvalue weighted by molar-refractivity contribution is 7.89. The molecule has 2 aromatic carbocycles. The molecule has 0 aromatic heterocycles. The van der Waals surface area contributed by atoms with Gasteiger partial charge >= 0.3 is 0 Å². The third kappa shape index (κ3) is 3.32. The number of benzene rings is 2. The van der Waals surface area contributed by atoms with Gasteiger partial charge in [-0.25, -0.2) is 13.1 Å². The molecule has 1 N–H and O–H groups in total. The van der Waals surface area contributed by atoms with Gasteiger partial charge in [0.05, 0.1) is 12.0 Å². The zero-order valence-corrected chi connectivity index (χ0v) is 14.4. The lowest BCUT2D eigenvalue weighted by Crippen LogP contribution is -2.23. The van der Waals surface area contributed by atoms with Crippen molar-refractivity contribution < 1.29 is 22.6 Å². The van der Waals surface area contributed by atoms with E-state index >= 15 is 0 Å². The molecule has 0 fully saturated rings. The van der Waals surface area contributed by atoms with Crippen LogP contribution in [0.3, 0.4) is 0 Å². The van der Waals surface area contributed by atoms with Gasteiger partial charge in [0.1, 0.15) is 5.75 Å². The van der Waals surface area contributed by atoms with Gasteiger partial charge in [0.15, 0.2) is 11.5 Å². The third-order valence-corrected chi connectivity index (χ3v) is 5.26. The highest BCUT2D eigenvalue weighted by Crippen LogP contribution is 2.33. The lowest BCUT2D eigenvalue weighted by atomic mass is 10.1. The van der Waals surface area contributed by atoms with E-state index in [9.17, 15) is 8.42 Å². The average molecular weight is 349 g/mol. The lowest BCUT2D eigenvalue weighted by Gasteiger charge is -2.12. The Balaban J connectivity index is 1.80. The van der Waals surface area contributed by atoms with Crippen molar-refractivity contribution in [3.8, 4) is 17.2 Å². The maximum atomic E-state index is 12.5. The topological polar surface area (TPSA) is 73.9 Å². The number of aryl methyl sites for hydroxylation is 1. The number of rotatable bonds is 6. The minimum absolute atomic E-state index is 0.104. The zero-order valence-electron chi connectivity index (χ0n) is 13.5. The van der Waals surface area contributed by atoms with Gasteiger partial charge in [-0.3, -0.25) is 0 Å². The molecule has 1 heterocycles. The molecule has 0 aliphatic carbocycles. The summed E-state index contributed by atoms with van der Waals surface area (Å²) in [5.74, 6) is 1.63. The summed E-state index contributed by atoms with van der Waals surface area (Å²) in [7, 11) is -2.10. The SMILES string of the molecule is CCc1ccc(OC)c(CNS(=O)(=O)c2ccc3c(c2)OCO3)c1. The molecule has 7 heteroatoms. The smallest absolute Gasteiger partial charge is 0.241 e. The largest absolute Gasteiger partial charge is 0.496 e. The second-order valence-electron chi connectivity index (χ2n) is 5.34. The lowest BCUT2D eigenvalue weighted by molar-refractivity contribution is 0.174. The minimum Gasteiger partial charge on any atom is -0.496 e. The van der Waals surface area contributed by atoms with Gasteiger partial charge in [0.25, 0.3) is 0 Å². The molecular weight excluding hydrogens is 330 g/mol. The second-order valence-corrected chi connectivity index (χ2v) is 7.11. The van der Waals surface area contributed by atoms with Crippen LogP contribution in [0, 0.1) is 0 Å². The van der Waals surface area contributed by atoms with Crippen molar-refractivity contribution in [1.82, 2.24) is 4.72 Å². The zero-order chi connectivity index (χ0) is 17.2. The van der Waals surface area contributed by atoms with Crippen LogP contribution in [-0.4, -0.2) is 22.3 Å². The van der Waals surface area contributed by atoms with E-state index in [0.29, 0.717) is 17.2 Å². The average Bonchev–Trinajstić information content (AvgIpc) is 3.07. The van der Waals surface area contributed by atoms with Crippen molar-refractivity contribution in [2.45, 2.75) is 24.8 Å². The summed E-state index contributed by atoms with van der Waals surface area (Å²) >= 11 is 0. The van der Waals surface area contributed by atoms with E-state index in [1.165, 1.54) is 12.1 Å². The van der Waals surface area contributed by atoms with Crippen LogP contribution >= 0.6 is 0 Å². The normalized spacial score (nSPS) is 13.1. The van der Waals surface area contributed by atoms with Crippen LogP contribution < -0.4 is 18.9 Å². The number of sulfonamides is 1. The number of fused-ring (bicyclic) bond motifs is 1.